The van der Waals surface area contributed by atoms with Crippen LogP contribution in [0.2, 0.25) is 0 Å². The van der Waals surface area contributed by atoms with E-state index in [4.69, 9.17) is 9.47 Å². The van der Waals surface area contributed by atoms with Gasteiger partial charge in [0.05, 0.1) is 13.2 Å². The van der Waals surface area contributed by atoms with E-state index in [2.05, 4.69) is 106 Å². The molecule has 2 nitrogen and oxygen atoms in total. The molecule has 1 aliphatic heterocycles. The average Bonchev–Trinajstić information content (AvgIpc) is 3.33. The first-order chi connectivity index (χ1) is 23.1. The molecular formula is C45H67BO2. The molecule has 3 aromatic rings. The van der Waals surface area contributed by atoms with Gasteiger partial charge in [-0.3, -0.25) is 0 Å². The SMILES string of the molecule is CCCCCCCCOc1cc2c(cc1C)B(c1c(C(C)C)cc(C(C)C)cc1C(C)C)c1cc(C)c(OCCCCCCCC)cc1-2. The largest absolute Gasteiger partial charge is 0.493 e. The second-order valence-electron chi connectivity index (χ2n) is 15.7. The van der Waals surface area contributed by atoms with Gasteiger partial charge >= 0.3 is 0 Å². The molecule has 3 aromatic carbocycles. The molecule has 1 aliphatic rings. The molecule has 0 saturated carbocycles. The van der Waals surface area contributed by atoms with Crippen LogP contribution in [0.5, 0.6) is 11.5 Å². The van der Waals surface area contributed by atoms with Gasteiger partial charge in [0.25, 0.3) is 0 Å². The maximum absolute atomic E-state index is 6.53. The Kier molecular flexibility index (Phi) is 14.6. The normalized spacial score (nSPS) is 12.4. The molecule has 4 rings (SSSR count). The van der Waals surface area contributed by atoms with Gasteiger partial charge in [-0.05, 0) is 95.5 Å². The zero-order chi connectivity index (χ0) is 34.8. The summed E-state index contributed by atoms with van der Waals surface area (Å²) in [6.45, 7) is 25.0. The first-order valence-corrected chi connectivity index (χ1v) is 19.8. The predicted octanol–water partition coefficient (Wildman–Crippen LogP) is 11.6. The van der Waals surface area contributed by atoms with Crippen LogP contribution in [-0.2, 0) is 0 Å². The summed E-state index contributed by atoms with van der Waals surface area (Å²) >= 11 is 0. The van der Waals surface area contributed by atoms with Crippen LogP contribution in [0, 0.1) is 13.8 Å². The summed E-state index contributed by atoms with van der Waals surface area (Å²) in [7, 11) is 0. The summed E-state index contributed by atoms with van der Waals surface area (Å²) in [6.07, 6.45) is 15.3. The topological polar surface area (TPSA) is 18.5 Å². The summed E-state index contributed by atoms with van der Waals surface area (Å²) in [5.41, 5.74) is 13.9. The monoisotopic (exact) mass is 651 g/mol. The lowest BCUT2D eigenvalue weighted by molar-refractivity contribution is 0.302. The van der Waals surface area contributed by atoms with Crippen molar-refractivity contribution in [2.24, 2.45) is 0 Å². The Morgan fingerprint density at radius 3 is 1.27 bits per heavy atom. The van der Waals surface area contributed by atoms with Gasteiger partial charge in [0.1, 0.15) is 11.5 Å². The maximum Gasteiger partial charge on any atom is 0.243 e. The van der Waals surface area contributed by atoms with Crippen LogP contribution in [0.1, 0.15) is 178 Å². The van der Waals surface area contributed by atoms with Crippen molar-refractivity contribution in [1.29, 1.82) is 0 Å². The lowest BCUT2D eigenvalue weighted by Gasteiger charge is -2.27. The van der Waals surface area contributed by atoms with Crippen molar-refractivity contribution >= 4 is 23.1 Å². The van der Waals surface area contributed by atoms with E-state index in [9.17, 15) is 0 Å². The lowest BCUT2D eigenvalue weighted by Crippen LogP contribution is -2.52. The number of unbranched alkanes of at least 4 members (excludes halogenated alkanes) is 10. The molecule has 0 radical (unpaired) electrons. The van der Waals surface area contributed by atoms with E-state index in [1.165, 1.54) is 120 Å². The molecule has 0 amide bonds. The highest BCUT2D eigenvalue weighted by Gasteiger charge is 2.38. The van der Waals surface area contributed by atoms with Crippen LogP contribution in [0.15, 0.2) is 36.4 Å². The van der Waals surface area contributed by atoms with Crippen LogP contribution >= 0.6 is 0 Å². The number of hydrogen-bond acceptors (Lipinski definition) is 2. The molecular weight excluding hydrogens is 583 g/mol. The number of ether oxygens (including phenoxy) is 2. The summed E-state index contributed by atoms with van der Waals surface area (Å²) in [6, 6.07) is 14.7. The van der Waals surface area contributed by atoms with Crippen molar-refractivity contribution in [1.82, 2.24) is 0 Å². The van der Waals surface area contributed by atoms with E-state index in [1.54, 1.807) is 0 Å². The Hall–Kier alpha value is -2.68. The Bertz CT molecular complexity index is 1360. The third-order valence-corrected chi connectivity index (χ3v) is 10.6. The van der Waals surface area contributed by atoms with E-state index in [0.29, 0.717) is 17.8 Å². The standard InChI is InChI=1S/C45H67BO2/c1-11-13-15-17-19-21-23-47-43-29-39-40-30-44(48-24-22-20-18-16-14-12-2)35(10)26-42(40)46(41(39)25-34(43)9)45-37(32(5)6)27-36(31(3)4)28-38(45)33(7)8/h25-33H,11-24H2,1-10H3. The zero-order valence-electron chi connectivity index (χ0n) is 32.5. The van der Waals surface area contributed by atoms with Crippen molar-refractivity contribution < 1.29 is 9.47 Å². The van der Waals surface area contributed by atoms with Crippen molar-refractivity contribution in [3.63, 3.8) is 0 Å². The molecule has 3 heteroatoms. The van der Waals surface area contributed by atoms with Crippen LogP contribution in [0.4, 0.5) is 0 Å². The molecule has 0 N–H and O–H groups in total. The van der Waals surface area contributed by atoms with Crippen LogP contribution < -0.4 is 25.9 Å². The first kappa shape index (κ1) is 38.1. The molecule has 0 atom stereocenters. The fourth-order valence-electron chi connectivity index (χ4n) is 7.63. The molecule has 0 bridgehead atoms. The summed E-state index contributed by atoms with van der Waals surface area (Å²) in [4.78, 5) is 0. The van der Waals surface area contributed by atoms with E-state index < -0.39 is 0 Å². The smallest absolute Gasteiger partial charge is 0.243 e. The molecule has 0 saturated heterocycles. The number of benzene rings is 3. The van der Waals surface area contributed by atoms with Gasteiger partial charge < -0.3 is 9.47 Å². The van der Waals surface area contributed by atoms with Gasteiger partial charge in [0, 0.05) is 0 Å². The highest BCUT2D eigenvalue weighted by atomic mass is 16.5. The minimum Gasteiger partial charge on any atom is -0.493 e. The first-order valence-electron chi connectivity index (χ1n) is 19.8. The Morgan fingerprint density at radius 1 is 0.500 bits per heavy atom. The van der Waals surface area contributed by atoms with Gasteiger partial charge in [-0.15, -0.1) is 0 Å². The molecule has 0 spiro atoms. The number of aryl methyl sites for hydroxylation is 2. The minimum absolute atomic E-state index is 0.198. The van der Waals surface area contributed by atoms with Gasteiger partial charge in [-0.2, -0.15) is 0 Å². The quantitative estimate of drug-likeness (QED) is 0.0700. The fourth-order valence-corrected chi connectivity index (χ4v) is 7.63. The van der Waals surface area contributed by atoms with Gasteiger partial charge in [0.2, 0.25) is 6.71 Å². The second kappa shape index (κ2) is 18.4. The second-order valence-corrected chi connectivity index (χ2v) is 15.7. The third-order valence-electron chi connectivity index (χ3n) is 10.6. The van der Waals surface area contributed by atoms with E-state index in [0.717, 1.165) is 37.6 Å². The summed E-state index contributed by atoms with van der Waals surface area (Å²) in [5, 5.41) is 0. The summed E-state index contributed by atoms with van der Waals surface area (Å²) < 4.78 is 13.1. The van der Waals surface area contributed by atoms with Gasteiger partial charge in [-0.25, -0.2) is 0 Å². The molecule has 1 heterocycles. The van der Waals surface area contributed by atoms with E-state index >= 15 is 0 Å². The number of hydrogen-bond donors (Lipinski definition) is 0. The number of fused-ring (bicyclic) bond motifs is 3. The highest BCUT2D eigenvalue weighted by Crippen LogP contribution is 2.35. The van der Waals surface area contributed by atoms with Crippen LogP contribution in [-0.4, -0.2) is 19.9 Å². The van der Waals surface area contributed by atoms with Gasteiger partial charge in [-0.1, -0.05) is 160 Å². The highest BCUT2D eigenvalue weighted by molar-refractivity contribution is 6.99. The van der Waals surface area contributed by atoms with E-state index in [-0.39, 0.29) is 6.71 Å². The van der Waals surface area contributed by atoms with Crippen LogP contribution in [0.25, 0.3) is 11.1 Å². The Labute approximate surface area is 295 Å². The predicted molar refractivity (Wildman–Crippen MR) is 212 cm³/mol. The van der Waals surface area contributed by atoms with E-state index in [1.807, 2.05) is 0 Å². The fraction of sp³-hybridized carbons (Fsp3) is 0.600. The van der Waals surface area contributed by atoms with Crippen molar-refractivity contribution in [2.75, 3.05) is 13.2 Å². The van der Waals surface area contributed by atoms with Crippen molar-refractivity contribution in [2.45, 2.75) is 164 Å². The van der Waals surface area contributed by atoms with Gasteiger partial charge in [0.15, 0.2) is 0 Å². The molecule has 0 aromatic heterocycles. The maximum atomic E-state index is 6.53. The Balaban J connectivity index is 1.77. The molecule has 48 heavy (non-hydrogen) atoms. The summed E-state index contributed by atoms with van der Waals surface area (Å²) in [5.74, 6) is 3.44. The number of rotatable bonds is 20. The van der Waals surface area contributed by atoms with Crippen molar-refractivity contribution in [3.05, 3.63) is 64.2 Å². The minimum atomic E-state index is 0.198. The van der Waals surface area contributed by atoms with Crippen molar-refractivity contribution in [3.8, 4) is 22.6 Å². The average molecular weight is 651 g/mol. The lowest BCUT2D eigenvalue weighted by atomic mass is 9.36. The molecule has 0 fully saturated rings. The van der Waals surface area contributed by atoms with Crippen LogP contribution in [0.3, 0.4) is 0 Å². The Morgan fingerprint density at radius 2 is 0.896 bits per heavy atom. The molecule has 0 unspecified atom stereocenters. The molecule has 0 aliphatic carbocycles. The zero-order valence-corrected chi connectivity index (χ0v) is 32.5. The molecule has 262 valence electrons. The third kappa shape index (κ3) is 9.31.